The second-order valence-corrected chi connectivity index (χ2v) is 6.01. The number of anilines is 1. The second-order valence-electron chi connectivity index (χ2n) is 6.01. The van der Waals surface area contributed by atoms with Gasteiger partial charge in [-0.05, 0) is 63.6 Å². The van der Waals surface area contributed by atoms with E-state index in [0.717, 1.165) is 17.0 Å². The molecule has 0 saturated carbocycles. The Balaban J connectivity index is 1.97. The Morgan fingerprint density at radius 1 is 0.958 bits per heavy atom. The zero-order valence-electron chi connectivity index (χ0n) is 14.7. The topological polar surface area (TPSA) is 47.6 Å². The first-order valence-electron chi connectivity index (χ1n) is 8.29. The summed E-state index contributed by atoms with van der Waals surface area (Å²) in [5.74, 6) is 1.32. The largest absolute Gasteiger partial charge is 0.491 e. The van der Waals surface area contributed by atoms with Gasteiger partial charge in [0.05, 0.1) is 6.10 Å². The number of aryl methyl sites for hydroxylation is 1. The van der Waals surface area contributed by atoms with E-state index in [9.17, 15) is 4.79 Å². The monoisotopic (exact) mass is 327 g/mol. The predicted octanol–water partition coefficient (Wildman–Crippen LogP) is 4.58. The van der Waals surface area contributed by atoms with Crippen LogP contribution in [0.1, 0.15) is 32.8 Å². The van der Waals surface area contributed by atoms with Crippen LogP contribution >= 0.6 is 0 Å². The van der Waals surface area contributed by atoms with Gasteiger partial charge in [0.2, 0.25) is 0 Å². The van der Waals surface area contributed by atoms with Crippen LogP contribution in [-0.2, 0) is 4.79 Å². The van der Waals surface area contributed by atoms with Gasteiger partial charge in [0, 0.05) is 5.69 Å². The first kappa shape index (κ1) is 17.9. The third-order valence-corrected chi connectivity index (χ3v) is 3.46. The van der Waals surface area contributed by atoms with Gasteiger partial charge in [-0.3, -0.25) is 4.79 Å². The van der Waals surface area contributed by atoms with Gasteiger partial charge in [0.1, 0.15) is 11.5 Å². The first-order chi connectivity index (χ1) is 11.5. The fraction of sp³-hybridized carbons (Fsp3) is 0.350. The van der Waals surface area contributed by atoms with Gasteiger partial charge >= 0.3 is 0 Å². The van der Waals surface area contributed by atoms with Crippen molar-refractivity contribution >= 4 is 11.6 Å². The molecule has 128 valence electrons. The van der Waals surface area contributed by atoms with Crippen molar-refractivity contribution in [3.63, 3.8) is 0 Å². The predicted molar refractivity (Wildman–Crippen MR) is 96.7 cm³/mol. The molecule has 24 heavy (non-hydrogen) atoms. The highest BCUT2D eigenvalue weighted by Crippen LogP contribution is 2.19. The number of nitrogens with one attached hydrogen (secondary N) is 1. The van der Waals surface area contributed by atoms with Gasteiger partial charge in [0.15, 0.2) is 6.10 Å². The average molecular weight is 327 g/mol. The van der Waals surface area contributed by atoms with Crippen LogP contribution in [0, 0.1) is 6.92 Å². The van der Waals surface area contributed by atoms with E-state index in [1.165, 1.54) is 0 Å². The Bertz CT molecular complexity index is 648. The molecule has 1 N–H and O–H groups in total. The van der Waals surface area contributed by atoms with Crippen molar-refractivity contribution in [3.8, 4) is 11.5 Å². The summed E-state index contributed by atoms with van der Waals surface area (Å²) in [6.07, 6.45) is 0.186. The molecule has 0 fully saturated rings. The second kappa shape index (κ2) is 8.39. The highest BCUT2D eigenvalue weighted by Gasteiger charge is 2.18. The van der Waals surface area contributed by atoms with Gasteiger partial charge in [-0.25, -0.2) is 0 Å². The lowest BCUT2D eigenvalue weighted by atomic mass is 10.2. The summed E-state index contributed by atoms with van der Waals surface area (Å²) < 4.78 is 11.4. The Morgan fingerprint density at radius 2 is 1.50 bits per heavy atom. The maximum Gasteiger partial charge on any atom is 0.265 e. The summed E-state index contributed by atoms with van der Waals surface area (Å²) in [5, 5.41) is 2.89. The van der Waals surface area contributed by atoms with E-state index in [-0.39, 0.29) is 12.0 Å². The van der Waals surface area contributed by atoms with Crippen LogP contribution in [0.5, 0.6) is 11.5 Å². The standard InChI is InChI=1S/C20H25NO3/c1-5-19(24-18-10-6-15(4)7-11-18)20(22)21-16-8-12-17(13-9-16)23-14(2)3/h6-14,19H,5H2,1-4H3,(H,21,22). The van der Waals surface area contributed by atoms with Crippen LogP contribution in [0.25, 0.3) is 0 Å². The van der Waals surface area contributed by atoms with E-state index < -0.39 is 6.10 Å². The van der Waals surface area contributed by atoms with Crippen molar-refractivity contribution < 1.29 is 14.3 Å². The summed E-state index contributed by atoms with van der Waals surface area (Å²) in [6.45, 7) is 7.90. The maximum absolute atomic E-state index is 12.4. The van der Waals surface area contributed by atoms with Crippen LogP contribution in [0.2, 0.25) is 0 Å². The van der Waals surface area contributed by atoms with Crippen molar-refractivity contribution in [2.45, 2.75) is 46.3 Å². The SMILES string of the molecule is CCC(Oc1ccc(C)cc1)C(=O)Nc1ccc(OC(C)C)cc1. The number of carbonyl (C=O) groups excluding carboxylic acids is 1. The highest BCUT2D eigenvalue weighted by atomic mass is 16.5. The number of carbonyl (C=O) groups is 1. The zero-order valence-corrected chi connectivity index (χ0v) is 14.7. The van der Waals surface area contributed by atoms with Gasteiger partial charge in [-0.1, -0.05) is 24.6 Å². The van der Waals surface area contributed by atoms with Crippen molar-refractivity contribution in [2.75, 3.05) is 5.32 Å². The summed E-state index contributed by atoms with van der Waals surface area (Å²) >= 11 is 0. The van der Waals surface area contributed by atoms with E-state index in [2.05, 4.69) is 5.32 Å². The first-order valence-corrected chi connectivity index (χ1v) is 8.29. The van der Waals surface area contributed by atoms with E-state index in [1.54, 1.807) is 0 Å². The van der Waals surface area contributed by atoms with E-state index in [1.807, 2.05) is 76.2 Å². The van der Waals surface area contributed by atoms with Crippen molar-refractivity contribution in [1.29, 1.82) is 0 Å². The molecule has 0 aliphatic heterocycles. The number of rotatable bonds is 7. The molecule has 4 heteroatoms. The zero-order chi connectivity index (χ0) is 17.5. The minimum atomic E-state index is -0.528. The lowest BCUT2D eigenvalue weighted by Crippen LogP contribution is -2.32. The molecular weight excluding hydrogens is 302 g/mol. The quantitative estimate of drug-likeness (QED) is 0.810. The van der Waals surface area contributed by atoms with Crippen molar-refractivity contribution in [1.82, 2.24) is 0 Å². The van der Waals surface area contributed by atoms with E-state index in [4.69, 9.17) is 9.47 Å². The van der Waals surface area contributed by atoms with E-state index in [0.29, 0.717) is 12.2 Å². The minimum Gasteiger partial charge on any atom is -0.491 e. The third kappa shape index (κ3) is 5.30. The van der Waals surface area contributed by atoms with Gasteiger partial charge in [-0.2, -0.15) is 0 Å². The number of hydrogen-bond acceptors (Lipinski definition) is 3. The molecule has 2 aromatic rings. The third-order valence-electron chi connectivity index (χ3n) is 3.46. The Morgan fingerprint density at radius 3 is 2.04 bits per heavy atom. The Labute approximate surface area is 143 Å². The fourth-order valence-corrected chi connectivity index (χ4v) is 2.22. The fourth-order valence-electron chi connectivity index (χ4n) is 2.22. The molecule has 1 amide bonds. The molecule has 4 nitrogen and oxygen atoms in total. The lowest BCUT2D eigenvalue weighted by Gasteiger charge is -2.17. The number of amides is 1. The molecular formula is C20H25NO3. The summed E-state index contributed by atoms with van der Waals surface area (Å²) in [5.41, 5.74) is 1.88. The van der Waals surface area contributed by atoms with Crippen LogP contribution in [0.15, 0.2) is 48.5 Å². The van der Waals surface area contributed by atoms with Crippen LogP contribution in [0.4, 0.5) is 5.69 Å². The molecule has 2 rings (SSSR count). The van der Waals surface area contributed by atoms with Gasteiger partial charge in [-0.15, -0.1) is 0 Å². The van der Waals surface area contributed by atoms with Gasteiger partial charge < -0.3 is 14.8 Å². The smallest absolute Gasteiger partial charge is 0.265 e. The molecule has 0 saturated heterocycles. The van der Waals surface area contributed by atoms with Gasteiger partial charge in [0.25, 0.3) is 5.91 Å². The van der Waals surface area contributed by atoms with Crippen LogP contribution in [-0.4, -0.2) is 18.1 Å². The van der Waals surface area contributed by atoms with E-state index >= 15 is 0 Å². The maximum atomic E-state index is 12.4. The van der Waals surface area contributed by atoms with Crippen LogP contribution < -0.4 is 14.8 Å². The Kier molecular flexibility index (Phi) is 6.24. The normalized spacial score (nSPS) is 11.9. The Hall–Kier alpha value is -2.49. The van der Waals surface area contributed by atoms with Crippen molar-refractivity contribution in [2.24, 2.45) is 0 Å². The summed E-state index contributed by atoms with van der Waals surface area (Å²) in [4.78, 5) is 12.4. The molecule has 0 radical (unpaired) electrons. The summed E-state index contributed by atoms with van der Waals surface area (Å²) in [7, 11) is 0. The molecule has 0 heterocycles. The summed E-state index contributed by atoms with van der Waals surface area (Å²) in [6, 6.07) is 15.0. The number of hydrogen-bond donors (Lipinski definition) is 1. The molecule has 0 aromatic heterocycles. The number of ether oxygens (including phenoxy) is 2. The average Bonchev–Trinajstić information content (AvgIpc) is 2.55. The molecule has 1 unspecified atom stereocenters. The molecule has 2 aromatic carbocycles. The molecule has 0 bridgehead atoms. The van der Waals surface area contributed by atoms with Crippen LogP contribution in [0.3, 0.4) is 0 Å². The number of benzene rings is 2. The van der Waals surface area contributed by atoms with Crippen molar-refractivity contribution in [3.05, 3.63) is 54.1 Å². The minimum absolute atomic E-state index is 0.123. The molecule has 0 aliphatic carbocycles. The molecule has 0 aliphatic rings. The highest BCUT2D eigenvalue weighted by molar-refractivity contribution is 5.94. The molecule has 1 atom stereocenters. The lowest BCUT2D eigenvalue weighted by molar-refractivity contribution is -0.122. The molecule has 0 spiro atoms.